The fraction of sp³-hybridized carbons (Fsp3) is 0.825. The number of aliphatic hydroxyl groups excluding tert-OH is 1. The van der Waals surface area contributed by atoms with E-state index in [0.29, 0.717) is 12.8 Å². The summed E-state index contributed by atoms with van der Waals surface area (Å²) in [4.78, 5) is 24.3. The molecule has 0 saturated heterocycles. The van der Waals surface area contributed by atoms with Crippen molar-refractivity contribution in [3.05, 3.63) is 48.6 Å². The molecule has 0 radical (unpaired) electrons. The number of esters is 2. The van der Waals surface area contributed by atoms with E-state index >= 15 is 0 Å². The van der Waals surface area contributed by atoms with E-state index in [1.807, 2.05) is 0 Å². The SMILES string of the molecule is CC/C=C\C/C=C\C/C=C\C/C=C\CCCCCCCCCCCCCCCCCCCCCCCCCCCCC(=O)OC(CO)COC(=O)CCCCCCCCCCC. The van der Waals surface area contributed by atoms with Gasteiger partial charge in [-0.05, 0) is 51.4 Å². The first-order valence-electron chi connectivity index (χ1n) is 27.2. The Balaban J connectivity index is 3.34. The largest absolute Gasteiger partial charge is 0.462 e. The maximum atomic E-state index is 12.2. The normalized spacial score (nSPS) is 12.5. The van der Waals surface area contributed by atoms with E-state index in [9.17, 15) is 14.7 Å². The van der Waals surface area contributed by atoms with Crippen molar-refractivity contribution in [3.8, 4) is 0 Å². The van der Waals surface area contributed by atoms with Crippen LogP contribution in [-0.4, -0.2) is 36.4 Å². The number of carbonyl (C=O) groups excluding carboxylic acids is 2. The second kappa shape index (κ2) is 53.2. The van der Waals surface area contributed by atoms with Crippen LogP contribution in [0.4, 0.5) is 0 Å². The van der Waals surface area contributed by atoms with Gasteiger partial charge >= 0.3 is 11.9 Å². The predicted molar refractivity (Wildman–Crippen MR) is 270 cm³/mol. The topological polar surface area (TPSA) is 72.8 Å². The van der Waals surface area contributed by atoms with E-state index in [0.717, 1.165) is 64.2 Å². The predicted octanol–water partition coefficient (Wildman–Crippen LogP) is 18.1. The van der Waals surface area contributed by atoms with Gasteiger partial charge in [0.1, 0.15) is 6.61 Å². The highest BCUT2D eigenvalue weighted by molar-refractivity contribution is 5.70. The molecule has 0 amide bonds. The number of allylic oxidation sites excluding steroid dienone is 8. The van der Waals surface area contributed by atoms with Crippen molar-refractivity contribution < 1.29 is 24.2 Å². The zero-order chi connectivity index (χ0) is 44.9. The lowest BCUT2D eigenvalue weighted by molar-refractivity contribution is -0.161. The summed E-state index contributed by atoms with van der Waals surface area (Å²) in [6.07, 6.45) is 69.7. The summed E-state index contributed by atoms with van der Waals surface area (Å²) < 4.78 is 10.6. The number of ether oxygens (including phenoxy) is 2. The lowest BCUT2D eigenvalue weighted by Gasteiger charge is -2.15. The number of rotatable bonds is 50. The van der Waals surface area contributed by atoms with Gasteiger partial charge in [-0.3, -0.25) is 9.59 Å². The second-order valence-electron chi connectivity index (χ2n) is 18.3. The fourth-order valence-corrected chi connectivity index (χ4v) is 8.08. The van der Waals surface area contributed by atoms with Gasteiger partial charge in [0.25, 0.3) is 0 Å². The summed E-state index contributed by atoms with van der Waals surface area (Å²) >= 11 is 0. The first-order valence-corrected chi connectivity index (χ1v) is 27.2. The number of aliphatic hydroxyl groups is 1. The zero-order valence-corrected chi connectivity index (χ0v) is 41.4. The molecule has 0 aromatic carbocycles. The summed E-state index contributed by atoms with van der Waals surface area (Å²) in [6, 6.07) is 0. The number of hydrogen-bond acceptors (Lipinski definition) is 5. The zero-order valence-electron chi connectivity index (χ0n) is 41.4. The van der Waals surface area contributed by atoms with Gasteiger partial charge in [-0.15, -0.1) is 0 Å². The highest BCUT2D eigenvalue weighted by Crippen LogP contribution is 2.17. The standard InChI is InChI=1S/C57H104O5/c1-3-5-7-9-11-13-14-15-16-17-18-19-20-21-22-23-24-25-26-27-28-29-30-31-32-33-34-35-36-37-38-39-40-41-42-44-46-48-50-52-57(60)62-55(53-58)54-61-56(59)51-49-47-45-43-12-10-8-6-4-2/h5,7,11,13,15-16,18-19,55,58H,3-4,6,8-10,12,14,17,20-54H2,1-2H3/b7-5-,13-11-,16-15-,19-18-. The van der Waals surface area contributed by atoms with Gasteiger partial charge < -0.3 is 14.6 Å². The van der Waals surface area contributed by atoms with Crippen molar-refractivity contribution in [2.24, 2.45) is 0 Å². The molecule has 62 heavy (non-hydrogen) atoms. The smallest absolute Gasteiger partial charge is 0.306 e. The lowest BCUT2D eigenvalue weighted by atomic mass is 10.0. The molecule has 0 fully saturated rings. The molecule has 0 aliphatic carbocycles. The van der Waals surface area contributed by atoms with Crippen LogP contribution < -0.4 is 0 Å². The minimum absolute atomic E-state index is 0.0601. The minimum Gasteiger partial charge on any atom is -0.462 e. The maximum Gasteiger partial charge on any atom is 0.306 e. The number of unbranched alkanes of at least 4 members (excludes halogenated alkanes) is 34. The Hall–Kier alpha value is -2.14. The van der Waals surface area contributed by atoms with Gasteiger partial charge in [-0.1, -0.05) is 268 Å². The Labute approximate surface area is 386 Å². The van der Waals surface area contributed by atoms with Crippen LogP contribution in [0, 0.1) is 0 Å². The van der Waals surface area contributed by atoms with Crippen molar-refractivity contribution in [2.75, 3.05) is 13.2 Å². The van der Waals surface area contributed by atoms with Crippen LogP contribution in [0.1, 0.15) is 284 Å². The number of carbonyl (C=O) groups is 2. The Kier molecular flexibility index (Phi) is 51.4. The molecule has 0 aliphatic heterocycles. The van der Waals surface area contributed by atoms with E-state index < -0.39 is 6.10 Å². The van der Waals surface area contributed by atoms with E-state index in [-0.39, 0.29) is 25.2 Å². The summed E-state index contributed by atoms with van der Waals surface area (Å²) in [5.74, 6) is -0.580. The van der Waals surface area contributed by atoms with Crippen molar-refractivity contribution in [3.63, 3.8) is 0 Å². The van der Waals surface area contributed by atoms with Crippen LogP contribution in [0.2, 0.25) is 0 Å². The third-order valence-corrected chi connectivity index (χ3v) is 12.1. The first kappa shape index (κ1) is 59.9. The Morgan fingerprint density at radius 2 is 0.694 bits per heavy atom. The van der Waals surface area contributed by atoms with Gasteiger partial charge in [0, 0.05) is 12.8 Å². The molecule has 362 valence electrons. The molecule has 1 unspecified atom stereocenters. The third kappa shape index (κ3) is 50.5. The van der Waals surface area contributed by atoms with Gasteiger partial charge in [-0.2, -0.15) is 0 Å². The van der Waals surface area contributed by atoms with Crippen LogP contribution in [0.5, 0.6) is 0 Å². The van der Waals surface area contributed by atoms with Gasteiger partial charge in [0.15, 0.2) is 6.10 Å². The molecule has 0 aromatic rings. The molecule has 0 spiro atoms. The molecule has 1 atom stereocenters. The van der Waals surface area contributed by atoms with Crippen molar-refractivity contribution in [1.29, 1.82) is 0 Å². The van der Waals surface area contributed by atoms with E-state index in [1.54, 1.807) is 0 Å². The molecule has 0 aromatic heterocycles. The molecule has 0 saturated carbocycles. The quantitative estimate of drug-likeness (QED) is 0.0375. The van der Waals surface area contributed by atoms with Crippen LogP contribution in [0.3, 0.4) is 0 Å². The Morgan fingerprint density at radius 1 is 0.387 bits per heavy atom. The molecule has 5 nitrogen and oxygen atoms in total. The summed E-state index contributed by atoms with van der Waals surface area (Å²) in [5.41, 5.74) is 0. The average molecular weight is 869 g/mol. The number of hydrogen-bond donors (Lipinski definition) is 1. The monoisotopic (exact) mass is 869 g/mol. The minimum atomic E-state index is -0.765. The van der Waals surface area contributed by atoms with E-state index in [2.05, 4.69) is 62.5 Å². The average Bonchev–Trinajstić information content (AvgIpc) is 3.28. The molecular weight excluding hydrogens is 765 g/mol. The lowest BCUT2D eigenvalue weighted by Crippen LogP contribution is -2.28. The van der Waals surface area contributed by atoms with Crippen LogP contribution in [-0.2, 0) is 19.1 Å². The molecule has 0 rings (SSSR count). The second-order valence-corrected chi connectivity index (χ2v) is 18.3. The third-order valence-electron chi connectivity index (χ3n) is 12.1. The van der Waals surface area contributed by atoms with Crippen LogP contribution >= 0.6 is 0 Å². The van der Waals surface area contributed by atoms with E-state index in [1.165, 1.54) is 193 Å². The molecule has 0 aliphatic rings. The van der Waals surface area contributed by atoms with Crippen molar-refractivity contribution in [1.82, 2.24) is 0 Å². The van der Waals surface area contributed by atoms with Crippen LogP contribution in [0.15, 0.2) is 48.6 Å². The molecule has 0 heterocycles. The Morgan fingerprint density at radius 3 is 1.05 bits per heavy atom. The van der Waals surface area contributed by atoms with E-state index in [4.69, 9.17) is 9.47 Å². The summed E-state index contributed by atoms with van der Waals surface area (Å²) in [6.45, 7) is 4.03. The summed E-state index contributed by atoms with van der Waals surface area (Å²) in [7, 11) is 0. The van der Waals surface area contributed by atoms with Crippen LogP contribution in [0.25, 0.3) is 0 Å². The van der Waals surface area contributed by atoms with Gasteiger partial charge in [-0.25, -0.2) is 0 Å². The molecule has 0 bridgehead atoms. The van der Waals surface area contributed by atoms with Crippen molar-refractivity contribution >= 4 is 11.9 Å². The first-order chi connectivity index (χ1) is 30.6. The van der Waals surface area contributed by atoms with Gasteiger partial charge in [0.05, 0.1) is 6.61 Å². The highest BCUT2D eigenvalue weighted by Gasteiger charge is 2.16. The fourth-order valence-electron chi connectivity index (χ4n) is 8.08. The highest BCUT2D eigenvalue weighted by atomic mass is 16.6. The van der Waals surface area contributed by atoms with Crippen molar-refractivity contribution in [2.45, 2.75) is 290 Å². The Bertz CT molecular complexity index is 1030. The molecular formula is C57H104O5. The molecule has 1 N–H and O–H groups in total. The van der Waals surface area contributed by atoms with Gasteiger partial charge in [0.2, 0.25) is 0 Å². The summed E-state index contributed by atoms with van der Waals surface area (Å²) in [5, 5.41) is 9.57. The maximum absolute atomic E-state index is 12.2. The molecule has 5 heteroatoms.